The summed E-state index contributed by atoms with van der Waals surface area (Å²) in [5.41, 5.74) is 0.873. The lowest BCUT2D eigenvalue weighted by Crippen LogP contribution is -2.57. The van der Waals surface area contributed by atoms with Crippen molar-refractivity contribution in [1.82, 2.24) is 20.2 Å². The topological polar surface area (TPSA) is 87.6 Å². The molecule has 0 aliphatic carbocycles. The number of hydrogen-bond acceptors (Lipinski definition) is 5. The van der Waals surface area contributed by atoms with Crippen molar-refractivity contribution >= 4 is 39.8 Å². The molecule has 1 aromatic rings. The second-order valence-corrected chi connectivity index (χ2v) is 8.74. The molecule has 0 spiro atoms. The van der Waals surface area contributed by atoms with Crippen molar-refractivity contribution < 1.29 is 8.42 Å². The van der Waals surface area contributed by atoms with E-state index in [1.165, 1.54) is 0 Å². The predicted molar refractivity (Wildman–Crippen MR) is 102 cm³/mol. The summed E-state index contributed by atoms with van der Waals surface area (Å²) in [6, 6.07) is 1.85. The zero-order valence-corrected chi connectivity index (χ0v) is 17.1. The zero-order chi connectivity index (χ0) is 16.4. The monoisotopic (exact) mass is 453 g/mol. The first-order chi connectivity index (χ1) is 10.2. The minimum absolute atomic E-state index is 0. The Kier molecular flexibility index (Phi) is 6.75. The van der Waals surface area contributed by atoms with Gasteiger partial charge < -0.3 is 10.2 Å². The van der Waals surface area contributed by atoms with Crippen LogP contribution in [0.3, 0.4) is 0 Å². The van der Waals surface area contributed by atoms with Crippen LogP contribution in [0.4, 0.5) is 0 Å². The fourth-order valence-corrected chi connectivity index (χ4v) is 3.80. The number of sulfone groups is 1. The summed E-state index contributed by atoms with van der Waals surface area (Å²) < 4.78 is 23.4. The second-order valence-electron chi connectivity index (χ2n) is 6.00. The number of guanidine groups is 1. The van der Waals surface area contributed by atoms with Crippen LogP contribution in [0.1, 0.15) is 25.4 Å². The van der Waals surface area contributed by atoms with Crippen molar-refractivity contribution in [3.63, 3.8) is 0 Å². The Hall–Kier alpha value is -0.970. The normalized spacial score (nSPS) is 19.8. The maximum absolute atomic E-state index is 12.1. The van der Waals surface area contributed by atoms with Gasteiger partial charge in [-0.15, -0.1) is 24.0 Å². The number of aromatic nitrogens is 2. The van der Waals surface area contributed by atoms with Crippen molar-refractivity contribution in [2.24, 2.45) is 4.99 Å². The molecule has 1 aliphatic rings. The Morgan fingerprint density at radius 2 is 2.17 bits per heavy atom. The number of hydrogen-bond donors (Lipinski definition) is 1. The maximum atomic E-state index is 12.1. The van der Waals surface area contributed by atoms with Gasteiger partial charge in [0.25, 0.3) is 0 Å². The van der Waals surface area contributed by atoms with E-state index in [9.17, 15) is 8.42 Å². The Morgan fingerprint density at radius 1 is 1.48 bits per heavy atom. The summed E-state index contributed by atoms with van der Waals surface area (Å²) in [4.78, 5) is 14.6. The van der Waals surface area contributed by atoms with Gasteiger partial charge in [0.05, 0.1) is 22.7 Å². The van der Waals surface area contributed by atoms with Crippen LogP contribution in [-0.2, 0) is 16.4 Å². The third-order valence-corrected chi connectivity index (χ3v) is 6.35. The van der Waals surface area contributed by atoms with Crippen LogP contribution in [-0.4, -0.2) is 59.9 Å². The van der Waals surface area contributed by atoms with E-state index in [0.717, 1.165) is 11.5 Å². The van der Waals surface area contributed by atoms with E-state index in [2.05, 4.69) is 20.3 Å². The molecule has 0 atom stereocenters. The lowest BCUT2D eigenvalue weighted by molar-refractivity contribution is 0.353. The Morgan fingerprint density at radius 3 is 2.74 bits per heavy atom. The van der Waals surface area contributed by atoms with E-state index in [1.807, 2.05) is 17.9 Å². The van der Waals surface area contributed by atoms with Crippen LogP contribution in [0.2, 0.25) is 0 Å². The van der Waals surface area contributed by atoms with Gasteiger partial charge in [-0.25, -0.2) is 18.4 Å². The molecule has 0 bridgehead atoms. The number of aryl methyl sites for hydroxylation is 1. The number of nitrogens with one attached hydrogen (secondary N) is 1. The van der Waals surface area contributed by atoms with Crippen LogP contribution >= 0.6 is 24.0 Å². The van der Waals surface area contributed by atoms with Gasteiger partial charge in [0.15, 0.2) is 15.8 Å². The molecule has 7 nitrogen and oxygen atoms in total. The van der Waals surface area contributed by atoms with Gasteiger partial charge in [-0.2, -0.15) is 0 Å². The van der Waals surface area contributed by atoms with Crippen LogP contribution in [0.5, 0.6) is 0 Å². The number of rotatable bonds is 2. The lowest BCUT2D eigenvalue weighted by Gasteiger charge is -2.39. The lowest BCUT2D eigenvalue weighted by atomic mass is 10.2. The van der Waals surface area contributed by atoms with Crippen LogP contribution in [0.25, 0.3) is 0 Å². The molecule has 130 valence electrons. The molecule has 23 heavy (non-hydrogen) atoms. The largest absolute Gasteiger partial charge is 0.351 e. The number of halogens is 1. The molecule has 2 rings (SSSR count). The van der Waals surface area contributed by atoms with E-state index >= 15 is 0 Å². The van der Waals surface area contributed by atoms with Gasteiger partial charge in [0.1, 0.15) is 5.82 Å². The average Bonchev–Trinajstić information content (AvgIpc) is 2.43. The average molecular weight is 453 g/mol. The van der Waals surface area contributed by atoms with Crippen LogP contribution in [0.15, 0.2) is 17.3 Å². The first kappa shape index (κ1) is 20.1. The molecular weight excluding hydrogens is 429 g/mol. The summed E-state index contributed by atoms with van der Waals surface area (Å²) in [6.45, 7) is 6.77. The quantitative estimate of drug-likeness (QED) is 0.408. The highest BCUT2D eigenvalue weighted by atomic mass is 127. The highest BCUT2D eigenvalue weighted by molar-refractivity contribution is 14.0. The summed E-state index contributed by atoms with van der Waals surface area (Å²) in [5.74, 6) is 1.56. The summed E-state index contributed by atoms with van der Waals surface area (Å²) in [7, 11) is -1.36. The van der Waals surface area contributed by atoms with E-state index in [4.69, 9.17) is 0 Å². The molecule has 0 aromatic carbocycles. The Balaban J connectivity index is 0.00000264. The molecule has 2 heterocycles. The molecule has 1 aliphatic heterocycles. The van der Waals surface area contributed by atoms with Gasteiger partial charge in [-0.05, 0) is 26.8 Å². The Bertz CT molecular complexity index is 676. The van der Waals surface area contributed by atoms with Gasteiger partial charge in [-0.1, -0.05) is 0 Å². The number of aliphatic imine (C=N–C) groups is 1. The second kappa shape index (κ2) is 7.73. The highest BCUT2D eigenvalue weighted by Gasteiger charge is 2.40. The smallest absolute Gasteiger partial charge is 0.194 e. The molecule has 0 unspecified atom stereocenters. The molecule has 1 fully saturated rings. The van der Waals surface area contributed by atoms with Crippen LogP contribution < -0.4 is 5.32 Å². The Labute approximate surface area is 154 Å². The van der Waals surface area contributed by atoms with Gasteiger partial charge in [0, 0.05) is 26.3 Å². The van der Waals surface area contributed by atoms with E-state index in [0.29, 0.717) is 25.6 Å². The van der Waals surface area contributed by atoms with Crippen molar-refractivity contribution in [3.8, 4) is 0 Å². The van der Waals surface area contributed by atoms with Gasteiger partial charge in [0.2, 0.25) is 0 Å². The van der Waals surface area contributed by atoms with Crippen molar-refractivity contribution in [3.05, 3.63) is 23.8 Å². The molecule has 1 aromatic heterocycles. The standard InChI is InChI=1S/C14H23N5O2S.HI/c1-11-16-6-5-12(18-11)9-17-13(15-4)19-7-8-22(20,21)14(2,3)10-19;/h5-6H,7-10H2,1-4H3,(H,15,17);1H. The summed E-state index contributed by atoms with van der Waals surface area (Å²) in [6.07, 6.45) is 1.72. The summed E-state index contributed by atoms with van der Waals surface area (Å²) >= 11 is 0. The predicted octanol–water partition coefficient (Wildman–Crippen LogP) is 0.987. The first-order valence-corrected chi connectivity index (χ1v) is 8.87. The van der Waals surface area contributed by atoms with E-state index < -0.39 is 14.6 Å². The fourth-order valence-electron chi connectivity index (χ4n) is 2.43. The van der Waals surface area contributed by atoms with Gasteiger partial charge in [-0.3, -0.25) is 4.99 Å². The molecule has 0 amide bonds. The third kappa shape index (κ3) is 4.75. The minimum atomic E-state index is -3.05. The molecular formula is C14H24IN5O2S. The molecule has 0 saturated carbocycles. The highest BCUT2D eigenvalue weighted by Crippen LogP contribution is 2.23. The zero-order valence-electron chi connectivity index (χ0n) is 13.9. The first-order valence-electron chi connectivity index (χ1n) is 7.21. The van der Waals surface area contributed by atoms with Crippen LogP contribution in [0, 0.1) is 6.92 Å². The molecule has 0 radical (unpaired) electrons. The van der Waals surface area contributed by atoms with Crippen molar-refractivity contribution in [2.45, 2.75) is 32.1 Å². The van der Waals surface area contributed by atoms with Crippen molar-refractivity contribution in [1.29, 1.82) is 0 Å². The third-order valence-electron chi connectivity index (χ3n) is 3.82. The number of nitrogens with zero attached hydrogens (tertiary/aromatic N) is 4. The molecule has 1 N–H and O–H groups in total. The van der Waals surface area contributed by atoms with E-state index in [1.54, 1.807) is 27.1 Å². The van der Waals surface area contributed by atoms with Gasteiger partial charge >= 0.3 is 0 Å². The minimum Gasteiger partial charge on any atom is -0.351 e. The maximum Gasteiger partial charge on any atom is 0.194 e. The molecule has 1 saturated heterocycles. The SMILES string of the molecule is CN=C(NCc1ccnc(C)n1)N1CCS(=O)(=O)C(C)(C)C1.I. The van der Waals surface area contributed by atoms with Crippen molar-refractivity contribution in [2.75, 3.05) is 25.9 Å². The summed E-state index contributed by atoms with van der Waals surface area (Å²) in [5, 5.41) is 3.24. The molecule has 9 heteroatoms. The van der Waals surface area contributed by atoms with E-state index in [-0.39, 0.29) is 29.7 Å². The fraction of sp³-hybridized carbons (Fsp3) is 0.643.